The topological polar surface area (TPSA) is 20.2 Å². The molecule has 0 aromatic rings. The molecule has 1 N–H and O–H groups in total. The number of hydrogen-bond donors (Lipinski definition) is 1. The molecule has 0 saturated heterocycles. The molecule has 0 amide bonds. The van der Waals surface area contributed by atoms with E-state index in [0.29, 0.717) is 17.8 Å². The molecule has 0 spiro atoms. The second-order valence-electron chi connectivity index (χ2n) is 4.40. The van der Waals surface area contributed by atoms with Gasteiger partial charge in [-0.2, -0.15) is 0 Å². The molecule has 1 aliphatic rings. The van der Waals surface area contributed by atoms with E-state index in [-0.39, 0.29) is 6.10 Å². The molecule has 1 nitrogen and oxygen atoms in total. The Kier molecular flexibility index (Phi) is 2.58. The summed E-state index contributed by atoms with van der Waals surface area (Å²) < 4.78 is 0. The third-order valence-electron chi connectivity index (χ3n) is 3.59. The molecule has 66 valence electrons. The van der Waals surface area contributed by atoms with Crippen LogP contribution in [0.5, 0.6) is 0 Å². The normalized spacial score (nSPS) is 52.6. The Morgan fingerprint density at radius 3 is 2.00 bits per heavy atom. The SMILES string of the molecule is CC1CC(C)C(O)C(C)C1C. The van der Waals surface area contributed by atoms with Gasteiger partial charge in [0.2, 0.25) is 0 Å². The van der Waals surface area contributed by atoms with Crippen molar-refractivity contribution in [1.29, 1.82) is 0 Å². The standard InChI is InChI=1S/C10H20O/c1-6-5-7(2)10(11)9(4)8(6)3/h6-11H,5H2,1-4H3. The van der Waals surface area contributed by atoms with Gasteiger partial charge in [-0.1, -0.05) is 27.7 Å². The Morgan fingerprint density at radius 1 is 0.909 bits per heavy atom. The van der Waals surface area contributed by atoms with Crippen molar-refractivity contribution in [2.75, 3.05) is 0 Å². The van der Waals surface area contributed by atoms with Crippen molar-refractivity contribution < 1.29 is 5.11 Å². The maximum Gasteiger partial charge on any atom is 0.0594 e. The number of aliphatic hydroxyl groups is 1. The lowest BCUT2D eigenvalue weighted by Crippen LogP contribution is -2.39. The molecule has 0 heterocycles. The summed E-state index contributed by atoms with van der Waals surface area (Å²) in [6.07, 6.45) is 1.12. The average molecular weight is 156 g/mol. The number of hydrogen-bond acceptors (Lipinski definition) is 1. The smallest absolute Gasteiger partial charge is 0.0594 e. The first-order valence-electron chi connectivity index (χ1n) is 4.72. The van der Waals surface area contributed by atoms with Gasteiger partial charge in [-0.25, -0.2) is 0 Å². The molecule has 5 unspecified atom stereocenters. The first kappa shape index (κ1) is 9.05. The molecule has 5 atom stereocenters. The fourth-order valence-corrected chi connectivity index (χ4v) is 2.29. The van der Waals surface area contributed by atoms with Crippen LogP contribution in [0.4, 0.5) is 0 Å². The van der Waals surface area contributed by atoms with Gasteiger partial charge >= 0.3 is 0 Å². The van der Waals surface area contributed by atoms with Gasteiger partial charge in [0.05, 0.1) is 6.10 Å². The predicted octanol–water partition coefficient (Wildman–Crippen LogP) is 2.30. The third-order valence-corrected chi connectivity index (χ3v) is 3.59. The van der Waals surface area contributed by atoms with Crippen LogP contribution in [0.25, 0.3) is 0 Å². The molecule has 1 rings (SSSR count). The van der Waals surface area contributed by atoms with Gasteiger partial charge < -0.3 is 5.11 Å². The van der Waals surface area contributed by atoms with Crippen LogP contribution in [0.3, 0.4) is 0 Å². The summed E-state index contributed by atoms with van der Waals surface area (Å²) in [6.45, 7) is 8.87. The van der Waals surface area contributed by atoms with Crippen molar-refractivity contribution in [3.05, 3.63) is 0 Å². The molecule has 0 bridgehead atoms. The minimum atomic E-state index is -0.0683. The van der Waals surface area contributed by atoms with Crippen LogP contribution >= 0.6 is 0 Å². The maximum absolute atomic E-state index is 9.73. The van der Waals surface area contributed by atoms with Crippen molar-refractivity contribution in [3.63, 3.8) is 0 Å². The van der Waals surface area contributed by atoms with Gasteiger partial charge in [0, 0.05) is 0 Å². The zero-order valence-electron chi connectivity index (χ0n) is 8.04. The molecule has 1 fully saturated rings. The number of rotatable bonds is 0. The summed E-state index contributed by atoms with van der Waals surface area (Å²) >= 11 is 0. The zero-order chi connectivity index (χ0) is 8.59. The average Bonchev–Trinajstić information content (AvgIpc) is 1.97. The highest BCUT2D eigenvalue weighted by Gasteiger charge is 2.34. The van der Waals surface area contributed by atoms with Crippen molar-refractivity contribution in [2.24, 2.45) is 23.7 Å². The van der Waals surface area contributed by atoms with Gasteiger partial charge in [0.1, 0.15) is 0 Å². The van der Waals surface area contributed by atoms with Crippen molar-refractivity contribution in [1.82, 2.24) is 0 Å². The highest BCUT2D eigenvalue weighted by molar-refractivity contribution is 4.84. The van der Waals surface area contributed by atoms with E-state index in [2.05, 4.69) is 27.7 Å². The molecule has 0 aromatic carbocycles. The van der Waals surface area contributed by atoms with E-state index in [1.54, 1.807) is 0 Å². The van der Waals surface area contributed by atoms with Gasteiger partial charge in [-0.15, -0.1) is 0 Å². The Balaban J connectivity index is 2.63. The van der Waals surface area contributed by atoms with E-state index in [0.717, 1.165) is 5.92 Å². The lowest BCUT2D eigenvalue weighted by molar-refractivity contribution is -0.0183. The van der Waals surface area contributed by atoms with E-state index in [1.807, 2.05) is 0 Å². The Bertz CT molecular complexity index is 119. The second-order valence-corrected chi connectivity index (χ2v) is 4.40. The van der Waals surface area contributed by atoms with Crippen molar-refractivity contribution in [2.45, 2.75) is 40.2 Å². The lowest BCUT2D eigenvalue weighted by atomic mass is 9.69. The summed E-state index contributed by atoms with van der Waals surface area (Å²) in [5, 5.41) is 9.73. The highest BCUT2D eigenvalue weighted by atomic mass is 16.3. The fraction of sp³-hybridized carbons (Fsp3) is 1.00. The monoisotopic (exact) mass is 156 g/mol. The van der Waals surface area contributed by atoms with E-state index in [4.69, 9.17) is 0 Å². The molecule has 1 heteroatoms. The van der Waals surface area contributed by atoms with E-state index >= 15 is 0 Å². The summed E-state index contributed by atoms with van der Waals surface area (Å²) in [5.74, 6) is 2.44. The molecular weight excluding hydrogens is 136 g/mol. The summed E-state index contributed by atoms with van der Waals surface area (Å²) in [6, 6.07) is 0. The Labute approximate surface area is 69.8 Å². The molecular formula is C10H20O. The van der Waals surface area contributed by atoms with E-state index in [9.17, 15) is 5.11 Å². The molecule has 11 heavy (non-hydrogen) atoms. The predicted molar refractivity (Wildman–Crippen MR) is 47.3 cm³/mol. The third kappa shape index (κ3) is 1.58. The second kappa shape index (κ2) is 3.14. The lowest BCUT2D eigenvalue weighted by Gasteiger charge is -2.39. The summed E-state index contributed by atoms with van der Waals surface area (Å²) in [7, 11) is 0. The Hall–Kier alpha value is -0.0400. The van der Waals surface area contributed by atoms with Crippen LogP contribution in [-0.4, -0.2) is 11.2 Å². The first-order valence-corrected chi connectivity index (χ1v) is 4.72. The fourth-order valence-electron chi connectivity index (χ4n) is 2.29. The summed E-state index contributed by atoms with van der Waals surface area (Å²) in [4.78, 5) is 0. The van der Waals surface area contributed by atoms with Crippen LogP contribution in [-0.2, 0) is 0 Å². The van der Waals surface area contributed by atoms with E-state index < -0.39 is 0 Å². The van der Waals surface area contributed by atoms with Crippen LogP contribution in [0.2, 0.25) is 0 Å². The zero-order valence-corrected chi connectivity index (χ0v) is 8.04. The molecule has 0 aliphatic heterocycles. The highest BCUT2D eigenvalue weighted by Crippen LogP contribution is 2.37. The first-order chi connectivity index (χ1) is 5.04. The largest absolute Gasteiger partial charge is 0.393 e. The summed E-state index contributed by atoms with van der Waals surface area (Å²) in [5.41, 5.74) is 0. The minimum absolute atomic E-state index is 0.0683. The molecule has 0 radical (unpaired) electrons. The van der Waals surface area contributed by atoms with Gasteiger partial charge in [0.15, 0.2) is 0 Å². The van der Waals surface area contributed by atoms with Crippen LogP contribution in [0.1, 0.15) is 34.1 Å². The maximum atomic E-state index is 9.73. The van der Waals surface area contributed by atoms with Gasteiger partial charge in [0.25, 0.3) is 0 Å². The van der Waals surface area contributed by atoms with Gasteiger partial charge in [-0.05, 0) is 30.1 Å². The minimum Gasteiger partial charge on any atom is -0.393 e. The quantitative estimate of drug-likeness (QED) is 0.570. The van der Waals surface area contributed by atoms with Crippen LogP contribution in [0, 0.1) is 23.7 Å². The molecule has 0 aromatic heterocycles. The van der Waals surface area contributed by atoms with Crippen LogP contribution < -0.4 is 0 Å². The van der Waals surface area contributed by atoms with Crippen molar-refractivity contribution >= 4 is 0 Å². The number of aliphatic hydroxyl groups excluding tert-OH is 1. The Morgan fingerprint density at radius 2 is 1.45 bits per heavy atom. The molecule has 1 aliphatic carbocycles. The van der Waals surface area contributed by atoms with Crippen LogP contribution in [0.15, 0.2) is 0 Å². The molecule has 1 saturated carbocycles. The van der Waals surface area contributed by atoms with E-state index in [1.165, 1.54) is 6.42 Å². The van der Waals surface area contributed by atoms with Gasteiger partial charge in [-0.3, -0.25) is 0 Å². The van der Waals surface area contributed by atoms with Crippen molar-refractivity contribution in [3.8, 4) is 0 Å².